The molecule has 0 saturated heterocycles. The molecule has 1 aliphatic heterocycles. The molecule has 0 spiro atoms. The number of carboxylic acids is 1. The van der Waals surface area contributed by atoms with Crippen molar-refractivity contribution in [2.45, 2.75) is 19.3 Å². The summed E-state index contributed by atoms with van der Waals surface area (Å²) in [5.41, 5.74) is 1.86. The molecule has 0 aliphatic carbocycles. The number of hydrogen-bond acceptors (Lipinski definition) is 3. The highest BCUT2D eigenvalue weighted by atomic mass is 16.4. The summed E-state index contributed by atoms with van der Waals surface area (Å²) in [5, 5.41) is 10.6. The van der Waals surface area contributed by atoms with Crippen LogP contribution in [0.3, 0.4) is 0 Å². The van der Waals surface area contributed by atoms with Gasteiger partial charge in [-0.2, -0.15) is 0 Å². The molecular formula is C15H16N2O4. The number of benzene rings is 1. The Labute approximate surface area is 122 Å². The first-order chi connectivity index (χ1) is 10.1. The van der Waals surface area contributed by atoms with Crippen LogP contribution in [0.1, 0.15) is 18.4 Å². The number of carbonyl (C=O) groups excluding carboxylic acids is 2. The monoisotopic (exact) mass is 288 g/mol. The van der Waals surface area contributed by atoms with E-state index in [2.05, 4.69) is 5.32 Å². The predicted octanol–water partition coefficient (Wildman–Crippen LogP) is 1.71. The molecule has 0 saturated carbocycles. The first kappa shape index (κ1) is 14.8. The van der Waals surface area contributed by atoms with Crippen LogP contribution in [0.2, 0.25) is 0 Å². The number of nitrogens with one attached hydrogen (secondary N) is 1. The van der Waals surface area contributed by atoms with Crippen molar-refractivity contribution in [2.75, 3.05) is 11.4 Å². The van der Waals surface area contributed by atoms with Crippen LogP contribution in [0.5, 0.6) is 0 Å². The van der Waals surface area contributed by atoms with Gasteiger partial charge in [0, 0.05) is 24.4 Å². The molecule has 110 valence electrons. The molecule has 1 aromatic rings. The summed E-state index contributed by atoms with van der Waals surface area (Å²) >= 11 is 0. The number of aliphatic carboxylic acids is 1. The minimum Gasteiger partial charge on any atom is -0.478 e. The van der Waals surface area contributed by atoms with Crippen molar-refractivity contribution in [1.29, 1.82) is 0 Å². The van der Waals surface area contributed by atoms with E-state index in [1.807, 2.05) is 24.3 Å². The third-order valence-corrected chi connectivity index (χ3v) is 3.21. The van der Waals surface area contributed by atoms with Crippen molar-refractivity contribution >= 4 is 23.6 Å². The van der Waals surface area contributed by atoms with Crippen LogP contribution in [-0.2, 0) is 16.0 Å². The number of urea groups is 1. The maximum absolute atomic E-state index is 12.2. The van der Waals surface area contributed by atoms with Gasteiger partial charge in [0.1, 0.15) is 0 Å². The second-order valence-electron chi connectivity index (χ2n) is 4.70. The van der Waals surface area contributed by atoms with Gasteiger partial charge in [-0.05, 0) is 30.9 Å². The maximum atomic E-state index is 12.2. The summed E-state index contributed by atoms with van der Waals surface area (Å²) in [6, 6.07) is 7.03. The number of para-hydroxylation sites is 1. The second-order valence-corrected chi connectivity index (χ2v) is 4.70. The quantitative estimate of drug-likeness (QED) is 0.811. The molecule has 2 N–H and O–H groups in total. The number of fused-ring (bicyclic) bond motifs is 1. The molecule has 0 bridgehead atoms. The van der Waals surface area contributed by atoms with Crippen LogP contribution in [0.25, 0.3) is 0 Å². The van der Waals surface area contributed by atoms with E-state index in [0.717, 1.165) is 36.6 Å². The van der Waals surface area contributed by atoms with E-state index in [1.165, 1.54) is 4.90 Å². The molecule has 2 rings (SSSR count). The first-order valence-corrected chi connectivity index (χ1v) is 6.69. The van der Waals surface area contributed by atoms with Crippen LogP contribution in [0.4, 0.5) is 10.5 Å². The summed E-state index contributed by atoms with van der Waals surface area (Å²) in [6.45, 7) is 0.527. The number of rotatable bonds is 2. The minimum atomic E-state index is -1.24. The molecule has 21 heavy (non-hydrogen) atoms. The number of nitrogens with zero attached hydrogens (tertiary/aromatic N) is 1. The molecule has 6 nitrogen and oxygen atoms in total. The molecule has 0 atom stereocenters. The third-order valence-electron chi connectivity index (χ3n) is 3.21. The lowest BCUT2D eigenvalue weighted by Crippen LogP contribution is -2.43. The van der Waals surface area contributed by atoms with Crippen LogP contribution >= 0.6 is 0 Å². The van der Waals surface area contributed by atoms with Crippen molar-refractivity contribution in [3.05, 3.63) is 42.0 Å². The molecule has 1 aliphatic rings. The second kappa shape index (κ2) is 6.69. The van der Waals surface area contributed by atoms with Gasteiger partial charge in [0.15, 0.2) is 0 Å². The van der Waals surface area contributed by atoms with Gasteiger partial charge in [-0.25, -0.2) is 9.59 Å². The summed E-state index contributed by atoms with van der Waals surface area (Å²) in [4.78, 5) is 35.5. The predicted molar refractivity (Wildman–Crippen MR) is 77.0 cm³/mol. The van der Waals surface area contributed by atoms with Gasteiger partial charge in [-0.1, -0.05) is 18.2 Å². The molecule has 3 amide bonds. The summed E-state index contributed by atoms with van der Waals surface area (Å²) in [5.74, 6) is -1.98. The van der Waals surface area contributed by atoms with Gasteiger partial charge in [-0.3, -0.25) is 15.0 Å². The van der Waals surface area contributed by atoms with Gasteiger partial charge in [-0.15, -0.1) is 0 Å². The number of imide groups is 1. The fourth-order valence-electron chi connectivity index (χ4n) is 2.26. The standard InChI is InChI=1S/C15H16N2O4/c18-13(8-9-14(19)20)16-15(21)17-10-4-3-6-11-5-1-2-7-12(11)17/h1-2,5,7-9H,3-4,6,10H2,(H,19,20)(H,16,18,21). The number of anilines is 1. The average Bonchev–Trinajstić information content (AvgIpc) is 2.67. The van der Waals surface area contributed by atoms with Crippen LogP contribution in [0, 0.1) is 0 Å². The minimum absolute atomic E-state index is 0.527. The average molecular weight is 288 g/mol. The zero-order chi connectivity index (χ0) is 15.2. The highest BCUT2D eigenvalue weighted by Crippen LogP contribution is 2.25. The Morgan fingerprint density at radius 3 is 2.67 bits per heavy atom. The largest absolute Gasteiger partial charge is 0.478 e. The topological polar surface area (TPSA) is 86.7 Å². The molecule has 0 radical (unpaired) electrons. The molecule has 0 fully saturated rings. The number of carbonyl (C=O) groups is 3. The van der Waals surface area contributed by atoms with E-state index in [9.17, 15) is 14.4 Å². The van der Waals surface area contributed by atoms with E-state index in [0.29, 0.717) is 12.6 Å². The lowest BCUT2D eigenvalue weighted by molar-refractivity contribution is -0.131. The molecular weight excluding hydrogens is 272 g/mol. The molecule has 1 heterocycles. The molecule has 0 aromatic heterocycles. The van der Waals surface area contributed by atoms with Gasteiger partial charge in [0.2, 0.25) is 0 Å². The van der Waals surface area contributed by atoms with Crippen molar-refractivity contribution in [2.24, 2.45) is 0 Å². The maximum Gasteiger partial charge on any atom is 0.328 e. The fourth-order valence-corrected chi connectivity index (χ4v) is 2.26. The highest BCUT2D eigenvalue weighted by Gasteiger charge is 2.21. The molecule has 0 unspecified atom stereocenters. The van der Waals surface area contributed by atoms with Crippen LogP contribution in [0.15, 0.2) is 36.4 Å². The van der Waals surface area contributed by atoms with Gasteiger partial charge < -0.3 is 5.11 Å². The van der Waals surface area contributed by atoms with E-state index in [-0.39, 0.29) is 0 Å². The summed E-state index contributed by atoms with van der Waals surface area (Å²) < 4.78 is 0. The Balaban J connectivity index is 2.12. The Morgan fingerprint density at radius 2 is 1.90 bits per heavy atom. The summed E-state index contributed by atoms with van der Waals surface area (Å²) in [7, 11) is 0. The van der Waals surface area contributed by atoms with Gasteiger partial charge in [0.05, 0.1) is 0 Å². The number of amides is 3. The lowest BCUT2D eigenvalue weighted by Gasteiger charge is -2.22. The number of hydrogen-bond donors (Lipinski definition) is 2. The van der Waals surface area contributed by atoms with E-state index >= 15 is 0 Å². The lowest BCUT2D eigenvalue weighted by atomic mass is 10.1. The van der Waals surface area contributed by atoms with Crippen LogP contribution in [-0.4, -0.2) is 29.6 Å². The smallest absolute Gasteiger partial charge is 0.328 e. The summed E-state index contributed by atoms with van der Waals surface area (Å²) in [6.07, 6.45) is 4.24. The van der Waals surface area contributed by atoms with Crippen molar-refractivity contribution in [3.63, 3.8) is 0 Å². The van der Waals surface area contributed by atoms with Crippen LogP contribution < -0.4 is 10.2 Å². The Bertz CT molecular complexity index is 595. The fraction of sp³-hybridized carbons (Fsp3) is 0.267. The van der Waals surface area contributed by atoms with Crippen molar-refractivity contribution in [3.8, 4) is 0 Å². The Kier molecular flexibility index (Phi) is 4.71. The zero-order valence-corrected chi connectivity index (χ0v) is 11.4. The SMILES string of the molecule is O=C(O)C=CC(=O)NC(=O)N1CCCCc2ccccc21. The normalized spacial score (nSPS) is 14.4. The Morgan fingerprint density at radius 1 is 1.14 bits per heavy atom. The van der Waals surface area contributed by atoms with Gasteiger partial charge in [0.25, 0.3) is 5.91 Å². The number of aryl methyl sites for hydroxylation is 1. The van der Waals surface area contributed by atoms with E-state index in [4.69, 9.17) is 5.11 Å². The third kappa shape index (κ3) is 3.92. The number of carboxylic acid groups (broad SMARTS) is 1. The Hall–Kier alpha value is -2.63. The van der Waals surface area contributed by atoms with Gasteiger partial charge >= 0.3 is 12.0 Å². The molecule has 6 heteroatoms. The molecule has 1 aromatic carbocycles. The van der Waals surface area contributed by atoms with E-state index < -0.39 is 17.9 Å². The van der Waals surface area contributed by atoms with Crippen molar-refractivity contribution < 1.29 is 19.5 Å². The highest BCUT2D eigenvalue weighted by molar-refractivity contribution is 6.07. The first-order valence-electron chi connectivity index (χ1n) is 6.69. The van der Waals surface area contributed by atoms with E-state index in [1.54, 1.807) is 0 Å². The van der Waals surface area contributed by atoms with Crippen molar-refractivity contribution in [1.82, 2.24) is 5.32 Å². The zero-order valence-electron chi connectivity index (χ0n) is 11.4.